The smallest absolute Gasteiger partial charge is 0.671 e. The summed E-state index contributed by atoms with van der Waals surface area (Å²) < 4.78 is 0. The molecule has 0 fully saturated rings. The van der Waals surface area contributed by atoms with Crippen molar-refractivity contribution < 1.29 is 51.4 Å². The van der Waals surface area contributed by atoms with Crippen LogP contribution in [-0.4, -0.2) is 0 Å². The molecule has 24 heavy (non-hydrogen) atoms. The third-order valence-electron chi connectivity index (χ3n) is 4.26. The molecule has 1 aliphatic rings. The molecule has 2 heteroatoms. The molecule has 1 nitrogen and oxygen atoms in total. The van der Waals surface area contributed by atoms with E-state index in [0.717, 1.165) is 16.7 Å². The van der Waals surface area contributed by atoms with Crippen LogP contribution in [0, 0.1) is 0 Å². The van der Waals surface area contributed by atoms with E-state index < -0.39 is 0 Å². The largest absolute Gasteiger partial charge is 1.00 e. The fourth-order valence-electron chi connectivity index (χ4n) is 2.98. The summed E-state index contributed by atoms with van der Waals surface area (Å²) in [6.45, 7) is 18.4. The zero-order chi connectivity index (χ0) is 17.0. The van der Waals surface area contributed by atoms with Crippen molar-refractivity contribution in [1.82, 2.24) is 0 Å². The van der Waals surface area contributed by atoms with Crippen molar-refractivity contribution in [3.05, 3.63) is 108 Å². The van der Waals surface area contributed by atoms with E-state index in [9.17, 15) is 0 Å². The van der Waals surface area contributed by atoms with Crippen LogP contribution in [0.5, 0.6) is 0 Å². The molecule has 0 radical (unpaired) electrons. The van der Waals surface area contributed by atoms with Crippen molar-refractivity contribution >= 4 is 5.57 Å². The van der Waals surface area contributed by atoms with Gasteiger partial charge in [0.2, 0.25) is 0 Å². The number of hydrogen-bond acceptors (Lipinski definition) is 0. The molecule has 118 valence electrons. The summed E-state index contributed by atoms with van der Waals surface area (Å²) in [6, 6.07) is 8.49. The first-order chi connectivity index (χ1) is 10.9. The molecule has 0 amide bonds. The Morgan fingerprint density at radius 2 is 1.79 bits per heavy atom. The van der Waals surface area contributed by atoms with Crippen LogP contribution < -0.4 is 51.4 Å². The number of allylic oxidation sites excluding steroid dienone is 7. The molecule has 0 aromatic heterocycles. The summed E-state index contributed by atoms with van der Waals surface area (Å²) in [4.78, 5) is 0. The minimum absolute atomic E-state index is 0. The summed E-state index contributed by atoms with van der Waals surface area (Å²) >= 11 is 0. The molecule has 1 aliphatic carbocycles. The quantitative estimate of drug-likeness (QED) is 0.575. The topological polar surface area (TPSA) is 14.1 Å². The molecule has 0 unspecified atom stereocenters. The molecule has 0 bridgehead atoms. The fraction of sp³-hybridized carbons (Fsp3) is 0.182. The fourth-order valence-corrected chi connectivity index (χ4v) is 2.98. The summed E-state index contributed by atoms with van der Waals surface area (Å²) in [5.41, 5.74) is 6.60. The number of rotatable bonds is 5. The van der Waals surface area contributed by atoms with Crippen LogP contribution in [0.4, 0.5) is 0 Å². The summed E-state index contributed by atoms with van der Waals surface area (Å²) in [5.74, 6) is 0. The summed E-state index contributed by atoms with van der Waals surface area (Å²) in [6.07, 6.45) is 9.54. The molecule has 0 heterocycles. The van der Waals surface area contributed by atoms with Crippen LogP contribution in [0.15, 0.2) is 91.3 Å². The molecule has 0 saturated carbocycles. The van der Waals surface area contributed by atoms with Gasteiger partial charge in [-0.05, 0) is 40.8 Å². The van der Waals surface area contributed by atoms with Crippen molar-refractivity contribution in [2.75, 3.05) is 0 Å². The zero-order valence-electron chi connectivity index (χ0n) is 15.3. The minimum atomic E-state index is -0.100. The molecular formula is C22H24KN. The number of fused-ring (bicyclic) bond motifs is 1. The van der Waals surface area contributed by atoms with Gasteiger partial charge in [0.05, 0.1) is 0 Å². The van der Waals surface area contributed by atoms with E-state index in [2.05, 4.69) is 69.2 Å². The summed E-state index contributed by atoms with van der Waals surface area (Å²) in [7, 11) is 0. The Hall–Kier alpha value is -0.904. The van der Waals surface area contributed by atoms with Gasteiger partial charge in [-0.2, -0.15) is 12.4 Å². The normalized spacial score (nSPS) is 18.3. The van der Waals surface area contributed by atoms with Crippen molar-refractivity contribution in [2.45, 2.75) is 26.2 Å². The Bertz CT molecular complexity index is 745. The van der Waals surface area contributed by atoms with Gasteiger partial charge in [0.15, 0.2) is 0 Å². The van der Waals surface area contributed by atoms with Crippen molar-refractivity contribution in [3.63, 3.8) is 0 Å². The van der Waals surface area contributed by atoms with Gasteiger partial charge in [0, 0.05) is 5.41 Å². The van der Waals surface area contributed by atoms with E-state index in [0.29, 0.717) is 0 Å². The predicted molar refractivity (Wildman–Crippen MR) is 102 cm³/mol. The van der Waals surface area contributed by atoms with Crippen LogP contribution in [-0.2, 0) is 5.41 Å². The van der Waals surface area contributed by atoms with Crippen LogP contribution in [0.2, 0.25) is 0 Å². The molecule has 0 spiro atoms. The zero-order valence-corrected chi connectivity index (χ0v) is 18.4. The average molecular weight is 342 g/mol. The first-order valence-electron chi connectivity index (χ1n) is 7.77. The maximum atomic E-state index is 4.27. The molecule has 0 saturated heterocycles. The van der Waals surface area contributed by atoms with E-state index in [1.165, 1.54) is 16.7 Å². The second kappa shape index (κ2) is 8.98. The standard InChI is InChI=1S/C22H24N.K/c1-7-11-16(3)17(4)14-19-18-12-9-10-13-20(18)22(5,6)21(19)15-23-8-2;/h7-15H,2-4H2,1,5-6H3;/q-1;+1/b11-7-,19-14-,21-15+;. The van der Waals surface area contributed by atoms with Crippen LogP contribution in [0.1, 0.15) is 31.9 Å². The van der Waals surface area contributed by atoms with Crippen molar-refractivity contribution in [2.24, 2.45) is 0 Å². The van der Waals surface area contributed by atoms with Gasteiger partial charge in [-0.15, -0.1) is 6.58 Å². The summed E-state index contributed by atoms with van der Waals surface area (Å²) in [5, 5.41) is 4.27. The van der Waals surface area contributed by atoms with Gasteiger partial charge in [-0.25, -0.2) is 0 Å². The molecule has 0 N–H and O–H groups in total. The second-order valence-corrected chi connectivity index (χ2v) is 6.15. The Morgan fingerprint density at radius 1 is 1.12 bits per heavy atom. The number of hydrogen-bond donors (Lipinski definition) is 0. The van der Waals surface area contributed by atoms with E-state index >= 15 is 0 Å². The molecular weight excluding hydrogens is 317 g/mol. The number of benzene rings is 1. The second-order valence-electron chi connectivity index (χ2n) is 6.15. The third-order valence-corrected chi connectivity index (χ3v) is 4.26. The minimum Gasteiger partial charge on any atom is -0.671 e. The van der Waals surface area contributed by atoms with Gasteiger partial charge in [0.1, 0.15) is 0 Å². The van der Waals surface area contributed by atoms with Crippen molar-refractivity contribution in [3.8, 4) is 0 Å². The van der Waals surface area contributed by atoms with Crippen LogP contribution in [0.25, 0.3) is 10.9 Å². The molecule has 1 aromatic carbocycles. The molecule has 1 aromatic rings. The van der Waals surface area contributed by atoms with Gasteiger partial charge in [0.25, 0.3) is 0 Å². The molecule has 0 atom stereocenters. The molecule has 0 aliphatic heterocycles. The molecule has 2 rings (SSSR count). The average Bonchev–Trinajstić information content (AvgIpc) is 2.74. The SMILES string of the molecule is C=C[N-]/C=C1\C(=C/C(=C)C(=C)/C=C\C)c2ccccc2C1(C)C.[K+]. The van der Waals surface area contributed by atoms with Crippen molar-refractivity contribution in [1.29, 1.82) is 0 Å². The maximum absolute atomic E-state index is 4.27. The van der Waals surface area contributed by atoms with E-state index in [4.69, 9.17) is 0 Å². The first kappa shape index (κ1) is 21.1. The first-order valence-corrected chi connectivity index (χ1v) is 7.77. The maximum Gasteiger partial charge on any atom is 1.00 e. The van der Waals surface area contributed by atoms with Gasteiger partial charge >= 0.3 is 51.4 Å². The Labute approximate surface area is 189 Å². The monoisotopic (exact) mass is 341 g/mol. The Kier molecular flexibility index (Phi) is 7.91. The van der Waals surface area contributed by atoms with E-state index in [1.807, 2.05) is 25.3 Å². The number of nitrogens with zero attached hydrogens (tertiary/aromatic N) is 1. The van der Waals surface area contributed by atoms with Gasteiger partial charge < -0.3 is 5.32 Å². The Morgan fingerprint density at radius 3 is 2.42 bits per heavy atom. The Balaban J connectivity index is 0.00000288. The third kappa shape index (κ3) is 4.19. The van der Waals surface area contributed by atoms with Crippen LogP contribution in [0.3, 0.4) is 0 Å². The predicted octanol–water partition coefficient (Wildman–Crippen LogP) is 3.45. The van der Waals surface area contributed by atoms with Crippen LogP contribution >= 0.6 is 0 Å². The van der Waals surface area contributed by atoms with Gasteiger partial charge in [-0.3, -0.25) is 0 Å². The van der Waals surface area contributed by atoms with E-state index in [-0.39, 0.29) is 56.8 Å². The van der Waals surface area contributed by atoms with E-state index in [1.54, 1.807) is 6.20 Å². The van der Waals surface area contributed by atoms with Gasteiger partial charge in [-0.1, -0.05) is 69.0 Å².